The first kappa shape index (κ1) is 16.5. The molecule has 0 fully saturated rings. The largest absolute Gasteiger partial charge is 0.497 e. The van der Waals surface area contributed by atoms with E-state index in [-0.39, 0.29) is 0 Å². The molecule has 0 aliphatic carbocycles. The summed E-state index contributed by atoms with van der Waals surface area (Å²) in [4.78, 5) is 2.33. The zero-order valence-corrected chi connectivity index (χ0v) is 13.5. The van der Waals surface area contributed by atoms with Gasteiger partial charge in [0.2, 0.25) is 0 Å². The number of methoxy groups -OCH3 is 1. The molecule has 0 unspecified atom stereocenters. The van der Waals surface area contributed by atoms with Crippen LogP contribution in [-0.2, 0) is 17.9 Å². The van der Waals surface area contributed by atoms with E-state index in [0.29, 0.717) is 6.61 Å². The van der Waals surface area contributed by atoms with Crippen LogP contribution in [0.5, 0.6) is 5.75 Å². The van der Waals surface area contributed by atoms with Crippen LogP contribution in [0.3, 0.4) is 0 Å². The molecule has 0 heterocycles. The number of hydrogen-bond acceptors (Lipinski definition) is 3. The third-order valence-electron chi connectivity index (χ3n) is 3.55. The maximum atomic E-state index is 5.73. The summed E-state index contributed by atoms with van der Waals surface area (Å²) in [7, 11) is 3.83. The molecule has 0 radical (unpaired) electrons. The maximum Gasteiger partial charge on any atom is 0.118 e. The molecule has 3 heteroatoms. The highest BCUT2D eigenvalue weighted by Gasteiger charge is 2.00. The molecule has 0 bridgehead atoms. The van der Waals surface area contributed by atoms with Crippen LogP contribution in [0.4, 0.5) is 0 Å². The first-order valence-corrected chi connectivity index (χ1v) is 7.71. The number of ether oxygens (including phenoxy) is 2. The van der Waals surface area contributed by atoms with Crippen LogP contribution >= 0.6 is 0 Å². The van der Waals surface area contributed by atoms with Crippen LogP contribution in [-0.4, -0.2) is 32.2 Å². The van der Waals surface area contributed by atoms with Gasteiger partial charge in [-0.1, -0.05) is 42.5 Å². The minimum atomic E-state index is 0.659. The zero-order valence-electron chi connectivity index (χ0n) is 13.5. The second kappa shape index (κ2) is 9.23. The average molecular weight is 299 g/mol. The van der Waals surface area contributed by atoms with Crippen molar-refractivity contribution in [2.45, 2.75) is 19.6 Å². The Morgan fingerprint density at radius 3 is 2.32 bits per heavy atom. The molecule has 2 aromatic carbocycles. The molecule has 0 atom stereocenters. The molecule has 0 amide bonds. The summed E-state index contributed by atoms with van der Waals surface area (Å²) >= 11 is 0. The summed E-state index contributed by atoms with van der Waals surface area (Å²) < 4.78 is 10.9. The normalized spacial score (nSPS) is 10.9. The monoisotopic (exact) mass is 299 g/mol. The molecular formula is C19H25NO2. The van der Waals surface area contributed by atoms with E-state index in [4.69, 9.17) is 9.47 Å². The van der Waals surface area contributed by atoms with Gasteiger partial charge in [0.25, 0.3) is 0 Å². The molecule has 3 nitrogen and oxygen atoms in total. The van der Waals surface area contributed by atoms with Gasteiger partial charge in [-0.3, -0.25) is 0 Å². The Hall–Kier alpha value is -1.84. The topological polar surface area (TPSA) is 21.7 Å². The summed E-state index contributed by atoms with van der Waals surface area (Å²) in [5, 5.41) is 0. The van der Waals surface area contributed by atoms with Crippen LogP contribution in [0.2, 0.25) is 0 Å². The smallest absolute Gasteiger partial charge is 0.118 e. The van der Waals surface area contributed by atoms with E-state index in [2.05, 4.69) is 42.3 Å². The molecule has 0 aromatic heterocycles. The van der Waals surface area contributed by atoms with Crippen molar-refractivity contribution in [2.75, 3.05) is 27.3 Å². The van der Waals surface area contributed by atoms with E-state index in [0.717, 1.165) is 31.9 Å². The van der Waals surface area contributed by atoms with Gasteiger partial charge < -0.3 is 14.4 Å². The van der Waals surface area contributed by atoms with Crippen molar-refractivity contribution in [3.63, 3.8) is 0 Å². The molecule has 0 aliphatic heterocycles. The fourth-order valence-corrected chi connectivity index (χ4v) is 2.32. The summed E-state index contributed by atoms with van der Waals surface area (Å²) in [6.45, 7) is 3.47. The first-order valence-electron chi connectivity index (χ1n) is 7.71. The number of rotatable bonds is 9. The molecule has 2 rings (SSSR count). The van der Waals surface area contributed by atoms with Gasteiger partial charge in [-0.25, -0.2) is 0 Å². The lowest BCUT2D eigenvalue weighted by Gasteiger charge is -2.16. The highest BCUT2D eigenvalue weighted by Crippen LogP contribution is 2.12. The zero-order chi connectivity index (χ0) is 15.6. The fraction of sp³-hybridized carbons (Fsp3) is 0.368. The second-order valence-electron chi connectivity index (χ2n) is 5.48. The van der Waals surface area contributed by atoms with Crippen LogP contribution in [0.25, 0.3) is 0 Å². The van der Waals surface area contributed by atoms with Crippen molar-refractivity contribution in [3.8, 4) is 5.75 Å². The van der Waals surface area contributed by atoms with Gasteiger partial charge in [0, 0.05) is 19.7 Å². The third-order valence-corrected chi connectivity index (χ3v) is 3.55. The minimum absolute atomic E-state index is 0.659. The second-order valence-corrected chi connectivity index (χ2v) is 5.48. The number of benzene rings is 2. The van der Waals surface area contributed by atoms with Crippen LogP contribution < -0.4 is 4.74 Å². The Morgan fingerprint density at radius 1 is 0.909 bits per heavy atom. The van der Waals surface area contributed by atoms with E-state index in [1.807, 2.05) is 24.3 Å². The van der Waals surface area contributed by atoms with E-state index >= 15 is 0 Å². The average Bonchev–Trinajstić information content (AvgIpc) is 2.56. The van der Waals surface area contributed by atoms with Gasteiger partial charge in [0.05, 0.1) is 13.7 Å². The summed E-state index contributed by atoms with van der Waals surface area (Å²) in [6.07, 6.45) is 1.04. The maximum absolute atomic E-state index is 5.73. The highest BCUT2D eigenvalue weighted by molar-refractivity contribution is 5.26. The summed E-state index contributed by atoms with van der Waals surface area (Å²) in [5.41, 5.74) is 2.53. The Morgan fingerprint density at radius 2 is 1.64 bits per heavy atom. The van der Waals surface area contributed by atoms with Gasteiger partial charge in [0.1, 0.15) is 5.75 Å². The summed E-state index contributed by atoms with van der Waals surface area (Å²) in [6, 6.07) is 18.6. The molecule has 2 aromatic rings. The molecule has 0 aliphatic rings. The van der Waals surface area contributed by atoms with Crippen molar-refractivity contribution >= 4 is 0 Å². The first-order chi connectivity index (χ1) is 10.8. The lowest BCUT2D eigenvalue weighted by molar-refractivity contribution is 0.110. The van der Waals surface area contributed by atoms with E-state index in [1.54, 1.807) is 7.11 Å². The summed E-state index contributed by atoms with van der Waals surface area (Å²) in [5.74, 6) is 0.881. The van der Waals surface area contributed by atoms with Crippen molar-refractivity contribution < 1.29 is 9.47 Å². The van der Waals surface area contributed by atoms with Crippen LogP contribution in [0.1, 0.15) is 17.5 Å². The van der Waals surface area contributed by atoms with Crippen molar-refractivity contribution in [3.05, 3.63) is 65.7 Å². The lowest BCUT2D eigenvalue weighted by atomic mass is 10.2. The van der Waals surface area contributed by atoms with E-state index < -0.39 is 0 Å². The fourth-order valence-electron chi connectivity index (χ4n) is 2.32. The minimum Gasteiger partial charge on any atom is -0.497 e. The molecule has 0 N–H and O–H groups in total. The van der Waals surface area contributed by atoms with Crippen molar-refractivity contribution in [2.24, 2.45) is 0 Å². The van der Waals surface area contributed by atoms with Crippen LogP contribution in [0, 0.1) is 0 Å². The highest BCUT2D eigenvalue weighted by atomic mass is 16.5. The standard InChI is InChI=1S/C19H25NO2/c1-20(15-17-7-4-3-5-8-17)13-6-14-22-16-18-9-11-19(21-2)12-10-18/h3-5,7-12H,6,13-16H2,1-2H3. The molecule has 0 saturated carbocycles. The predicted octanol–water partition coefficient (Wildman–Crippen LogP) is 3.73. The van der Waals surface area contributed by atoms with Crippen molar-refractivity contribution in [1.29, 1.82) is 0 Å². The molecular weight excluding hydrogens is 274 g/mol. The number of hydrogen-bond donors (Lipinski definition) is 0. The van der Waals surface area contributed by atoms with E-state index in [1.165, 1.54) is 11.1 Å². The third kappa shape index (κ3) is 5.88. The SMILES string of the molecule is COc1ccc(COCCCN(C)Cc2ccccc2)cc1. The van der Waals surface area contributed by atoms with Gasteiger partial charge in [-0.2, -0.15) is 0 Å². The molecule has 118 valence electrons. The van der Waals surface area contributed by atoms with Gasteiger partial charge in [0.15, 0.2) is 0 Å². The Labute approximate surface area is 133 Å². The molecule has 22 heavy (non-hydrogen) atoms. The Kier molecular flexibility index (Phi) is 6.94. The predicted molar refractivity (Wildman–Crippen MR) is 90.0 cm³/mol. The molecule has 0 spiro atoms. The van der Waals surface area contributed by atoms with Gasteiger partial charge in [-0.15, -0.1) is 0 Å². The Bertz CT molecular complexity index is 525. The van der Waals surface area contributed by atoms with Crippen LogP contribution in [0.15, 0.2) is 54.6 Å². The van der Waals surface area contributed by atoms with Gasteiger partial charge >= 0.3 is 0 Å². The van der Waals surface area contributed by atoms with Gasteiger partial charge in [-0.05, 0) is 36.7 Å². The van der Waals surface area contributed by atoms with Crippen molar-refractivity contribution in [1.82, 2.24) is 4.90 Å². The van der Waals surface area contributed by atoms with E-state index in [9.17, 15) is 0 Å². The molecule has 0 saturated heterocycles. The quantitative estimate of drug-likeness (QED) is 0.659. The lowest BCUT2D eigenvalue weighted by Crippen LogP contribution is -2.20. The Balaban J connectivity index is 1.58. The number of nitrogens with zero attached hydrogens (tertiary/aromatic N) is 1.